The molecule has 0 aromatic heterocycles. The molecule has 2 nitrogen and oxygen atoms in total. The van der Waals surface area contributed by atoms with E-state index in [1.165, 1.54) is 0 Å². The zero-order valence-corrected chi connectivity index (χ0v) is 10.4. The molecule has 0 aliphatic heterocycles. The summed E-state index contributed by atoms with van der Waals surface area (Å²) in [7, 11) is 1.72. The number of hydrogen-bond donors (Lipinski definition) is 1. The molecule has 0 saturated heterocycles. The Morgan fingerprint density at radius 3 is 2.12 bits per heavy atom. The maximum atomic E-state index is 11.9. The summed E-state index contributed by atoms with van der Waals surface area (Å²) in [5.74, 6) is 0. The van der Waals surface area contributed by atoms with E-state index in [4.69, 9.17) is 0 Å². The average molecular weight is 240 g/mol. The molecule has 0 atom stereocenters. The van der Waals surface area contributed by atoms with Gasteiger partial charge in [0.15, 0.2) is 0 Å². The first-order valence-electron chi connectivity index (χ1n) is 5.87. The van der Waals surface area contributed by atoms with Gasteiger partial charge in [-0.2, -0.15) is 13.2 Å². The summed E-state index contributed by atoms with van der Waals surface area (Å²) in [5.41, 5.74) is 0. The van der Waals surface area contributed by atoms with Crippen LogP contribution in [0.15, 0.2) is 0 Å². The van der Waals surface area contributed by atoms with Crippen molar-refractivity contribution in [3.63, 3.8) is 0 Å². The summed E-state index contributed by atoms with van der Waals surface area (Å²) < 4.78 is 35.8. The smallest absolute Gasteiger partial charge is 0.313 e. The second-order valence-electron chi connectivity index (χ2n) is 4.14. The highest BCUT2D eigenvalue weighted by Crippen LogP contribution is 2.19. The third-order valence-electron chi connectivity index (χ3n) is 2.69. The van der Waals surface area contributed by atoms with Gasteiger partial charge < -0.3 is 10.2 Å². The third-order valence-corrected chi connectivity index (χ3v) is 2.69. The highest BCUT2D eigenvalue weighted by atomic mass is 19.4. The lowest BCUT2D eigenvalue weighted by atomic mass is 10.2. The van der Waals surface area contributed by atoms with Crippen LogP contribution in [-0.2, 0) is 0 Å². The molecule has 5 heteroatoms. The first-order valence-corrected chi connectivity index (χ1v) is 5.87. The van der Waals surface area contributed by atoms with Crippen LogP contribution in [0.1, 0.15) is 33.1 Å². The maximum absolute atomic E-state index is 11.9. The van der Waals surface area contributed by atoms with E-state index in [9.17, 15) is 13.2 Å². The van der Waals surface area contributed by atoms with Crippen molar-refractivity contribution in [1.82, 2.24) is 10.2 Å². The Hall–Kier alpha value is -0.290. The van der Waals surface area contributed by atoms with E-state index in [1.807, 2.05) is 0 Å². The molecule has 0 heterocycles. The lowest BCUT2D eigenvalue weighted by molar-refractivity contribution is -0.137. The molecule has 0 fully saturated rings. The normalized spacial score (nSPS) is 12.8. The molecule has 0 amide bonds. The van der Waals surface area contributed by atoms with Gasteiger partial charge in [0.25, 0.3) is 0 Å². The highest BCUT2D eigenvalue weighted by molar-refractivity contribution is 4.64. The Bertz CT molecular complexity index is 167. The molecule has 0 spiro atoms. The molecule has 0 rings (SSSR count). The number of nitrogens with one attached hydrogen (secondary N) is 1. The number of nitrogens with zero attached hydrogens (tertiary/aromatic N) is 1. The molecule has 1 N–H and O–H groups in total. The van der Waals surface area contributed by atoms with Crippen LogP contribution in [0.4, 0.5) is 13.2 Å². The Morgan fingerprint density at radius 1 is 1.12 bits per heavy atom. The largest absolute Gasteiger partial charge is 0.390 e. The predicted octanol–water partition coefficient (Wildman–Crippen LogP) is 2.65. The minimum atomic E-state index is -4.04. The number of rotatable bonds is 8. The molecule has 0 aromatic rings. The monoisotopic (exact) mass is 240 g/mol. The van der Waals surface area contributed by atoms with Gasteiger partial charge >= 0.3 is 6.18 Å². The van der Waals surface area contributed by atoms with Crippen molar-refractivity contribution in [3.05, 3.63) is 0 Å². The summed E-state index contributed by atoms with van der Waals surface area (Å²) in [5, 5.41) is 3.32. The topological polar surface area (TPSA) is 15.3 Å². The van der Waals surface area contributed by atoms with Gasteiger partial charge in [-0.05, 0) is 19.9 Å². The Kier molecular flexibility index (Phi) is 7.76. The molecule has 0 saturated carbocycles. The predicted molar refractivity (Wildman–Crippen MR) is 60.5 cm³/mol. The van der Waals surface area contributed by atoms with Gasteiger partial charge in [0.2, 0.25) is 0 Å². The van der Waals surface area contributed by atoms with Crippen molar-refractivity contribution in [1.29, 1.82) is 0 Å². The second-order valence-corrected chi connectivity index (χ2v) is 4.14. The molecular weight excluding hydrogens is 217 g/mol. The third kappa shape index (κ3) is 8.97. The van der Waals surface area contributed by atoms with Gasteiger partial charge in [0.05, 0.1) is 6.42 Å². The number of hydrogen-bond acceptors (Lipinski definition) is 2. The summed E-state index contributed by atoms with van der Waals surface area (Å²) >= 11 is 0. The van der Waals surface area contributed by atoms with E-state index in [-0.39, 0.29) is 6.54 Å². The van der Waals surface area contributed by atoms with Crippen LogP contribution < -0.4 is 5.32 Å². The van der Waals surface area contributed by atoms with Crippen molar-refractivity contribution in [2.24, 2.45) is 0 Å². The van der Waals surface area contributed by atoms with Crippen molar-refractivity contribution < 1.29 is 13.2 Å². The van der Waals surface area contributed by atoms with Crippen LogP contribution >= 0.6 is 0 Å². The summed E-state index contributed by atoms with van der Waals surface area (Å²) in [6.45, 7) is 5.70. The lowest BCUT2D eigenvalue weighted by Crippen LogP contribution is -2.36. The van der Waals surface area contributed by atoms with E-state index in [0.717, 1.165) is 19.4 Å². The van der Waals surface area contributed by atoms with E-state index in [1.54, 1.807) is 11.9 Å². The first kappa shape index (κ1) is 15.7. The van der Waals surface area contributed by atoms with Crippen LogP contribution in [0.5, 0.6) is 0 Å². The average Bonchev–Trinajstić information content (AvgIpc) is 2.20. The SMILES string of the molecule is CCC(CC)NCCN(C)CCC(F)(F)F. The molecule has 0 unspecified atom stereocenters. The van der Waals surface area contributed by atoms with E-state index in [0.29, 0.717) is 12.6 Å². The summed E-state index contributed by atoms with van der Waals surface area (Å²) in [6, 6.07) is 0.482. The molecule has 0 bridgehead atoms. The second kappa shape index (κ2) is 7.90. The van der Waals surface area contributed by atoms with Gasteiger partial charge in [0.1, 0.15) is 0 Å². The molecular formula is C11H23F3N2. The fourth-order valence-electron chi connectivity index (χ4n) is 1.47. The molecule has 0 radical (unpaired) electrons. The van der Waals surface area contributed by atoms with Gasteiger partial charge in [-0.1, -0.05) is 13.8 Å². The van der Waals surface area contributed by atoms with Crippen LogP contribution in [-0.4, -0.2) is 43.8 Å². The number of likely N-dealkylation sites (N-methyl/N-ethyl adjacent to an activating group) is 1. The zero-order valence-electron chi connectivity index (χ0n) is 10.4. The summed E-state index contributed by atoms with van der Waals surface area (Å²) in [6.07, 6.45) is -2.66. The van der Waals surface area contributed by atoms with Gasteiger partial charge in [-0.25, -0.2) is 0 Å². The van der Waals surface area contributed by atoms with E-state index >= 15 is 0 Å². The van der Waals surface area contributed by atoms with Crippen LogP contribution in [0.25, 0.3) is 0 Å². The van der Waals surface area contributed by atoms with Crippen molar-refractivity contribution in [2.45, 2.75) is 45.3 Å². The van der Waals surface area contributed by atoms with Crippen molar-refractivity contribution >= 4 is 0 Å². The minimum Gasteiger partial charge on any atom is -0.313 e. The minimum absolute atomic E-state index is 0.0775. The fourth-order valence-corrected chi connectivity index (χ4v) is 1.47. The molecule has 16 heavy (non-hydrogen) atoms. The van der Waals surface area contributed by atoms with Crippen LogP contribution in [0.2, 0.25) is 0 Å². The molecule has 0 aliphatic carbocycles. The summed E-state index contributed by atoms with van der Waals surface area (Å²) in [4.78, 5) is 1.71. The molecule has 0 aromatic carbocycles. The first-order chi connectivity index (χ1) is 7.39. The maximum Gasteiger partial charge on any atom is 0.390 e. The van der Waals surface area contributed by atoms with Crippen molar-refractivity contribution in [2.75, 3.05) is 26.7 Å². The quantitative estimate of drug-likeness (QED) is 0.701. The van der Waals surface area contributed by atoms with Gasteiger partial charge in [-0.15, -0.1) is 0 Å². The zero-order chi connectivity index (χ0) is 12.6. The van der Waals surface area contributed by atoms with Gasteiger partial charge in [-0.3, -0.25) is 0 Å². The standard InChI is InChI=1S/C11H23F3N2/c1-4-10(5-2)15-7-9-16(3)8-6-11(12,13)14/h10,15H,4-9H2,1-3H3. The molecule has 98 valence electrons. The van der Waals surface area contributed by atoms with E-state index < -0.39 is 12.6 Å². The van der Waals surface area contributed by atoms with Crippen LogP contribution in [0.3, 0.4) is 0 Å². The Labute approximate surface area is 96.2 Å². The molecule has 0 aliphatic rings. The lowest BCUT2D eigenvalue weighted by Gasteiger charge is -2.20. The Balaban J connectivity index is 3.54. The highest BCUT2D eigenvalue weighted by Gasteiger charge is 2.26. The van der Waals surface area contributed by atoms with Gasteiger partial charge in [0, 0.05) is 25.7 Å². The van der Waals surface area contributed by atoms with E-state index in [2.05, 4.69) is 19.2 Å². The Morgan fingerprint density at radius 2 is 1.69 bits per heavy atom. The van der Waals surface area contributed by atoms with Crippen LogP contribution in [0, 0.1) is 0 Å². The van der Waals surface area contributed by atoms with Crippen molar-refractivity contribution in [3.8, 4) is 0 Å². The number of halogens is 3. The fraction of sp³-hybridized carbons (Fsp3) is 1.00. The number of alkyl halides is 3.